The zero-order valence-corrected chi connectivity index (χ0v) is 12.7. The van der Waals surface area contributed by atoms with Gasteiger partial charge in [0, 0.05) is 19.6 Å². The van der Waals surface area contributed by atoms with Gasteiger partial charge in [-0.25, -0.2) is 0 Å². The van der Waals surface area contributed by atoms with E-state index >= 15 is 0 Å². The molecule has 0 unspecified atom stereocenters. The molecular formula is C18H24N2. The van der Waals surface area contributed by atoms with Crippen molar-refractivity contribution in [1.82, 2.24) is 4.90 Å². The van der Waals surface area contributed by atoms with E-state index in [1.54, 1.807) is 0 Å². The Morgan fingerprint density at radius 2 is 1.50 bits per heavy atom. The molecule has 0 aliphatic carbocycles. The van der Waals surface area contributed by atoms with Crippen molar-refractivity contribution in [1.29, 1.82) is 0 Å². The topological polar surface area (TPSA) is 29.3 Å². The van der Waals surface area contributed by atoms with Crippen molar-refractivity contribution < 1.29 is 0 Å². The number of benzene rings is 2. The summed E-state index contributed by atoms with van der Waals surface area (Å²) in [5.41, 5.74) is 12.4. The molecule has 0 aromatic heterocycles. The molecule has 20 heavy (non-hydrogen) atoms. The zero-order chi connectivity index (χ0) is 14.5. The largest absolute Gasteiger partial charge is 0.326 e. The van der Waals surface area contributed by atoms with E-state index in [2.05, 4.69) is 68.3 Å². The average Bonchev–Trinajstić information content (AvgIpc) is 2.43. The molecule has 2 rings (SSSR count). The summed E-state index contributed by atoms with van der Waals surface area (Å²) < 4.78 is 0. The SMILES string of the molecule is Cc1cccc(C)c1CN(C)Cc1cccc(CN)c1. The number of hydrogen-bond acceptors (Lipinski definition) is 2. The maximum atomic E-state index is 5.70. The number of nitrogens with zero attached hydrogens (tertiary/aromatic N) is 1. The summed E-state index contributed by atoms with van der Waals surface area (Å²) in [7, 11) is 2.17. The predicted octanol–water partition coefficient (Wildman–Crippen LogP) is 3.39. The van der Waals surface area contributed by atoms with Gasteiger partial charge in [-0.1, -0.05) is 42.5 Å². The van der Waals surface area contributed by atoms with Crippen LogP contribution in [-0.2, 0) is 19.6 Å². The van der Waals surface area contributed by atoms with Gasteiger partial charge in [0.2, 0.25) is 0 Å². The highest BCUT2D eigenvalue weighted by Crippen LogP contribution is 2.16. The lowest BCUT2D eigenvalue weighted by atomic mass is 10.0. The normalized spacial score (nSPS) is 11.1. The van der Waals surface area contributed by atoms with Gasteiger partial charge in [-0.2, -0.15) is 0 Å². The summed E-state index contributed by atoms with van der Waals surface area (Å²) in [5, 5.41) is 0. The summed E-state index contributed by atoms with van der Waals surface area (Å²) >= 11 is 0. The molecule has 106 valence electrons. The molecule has 0 aliphatic rings. The molecule has 0 saturated heterocycles. The van der Waals surface area contributed by atoms with E-state index in [1.165, 1.54) is 27.8 Å². The Labute approximate surface area is 122 Å². The lowest BCUT2D eigenvalue weighted by Gasteiger charge is -2.20. The van der Waals surface area contributed by atoms with Gasteiger partial charge >= 0.3 is 0 Å². The second kappa shape index (κ2) is 6.69. The molecule has 2 N–H and O–H groups in total. The third-order valence-corrected chi connectivity index (χ3v) is 3.75. The van der Waals surface area contributed by atoms with E-state index in [0.29, 0.717) is 6.54 Å². The minimum absolute atomic E-state index is 0.606. The van der Waals surface area contributed by atoms with Gasteiger partial charge in [-0.05, 0) is 48.7 Å². The number of rotatable bonds is 5. The molecule has 0 spiro atoms. The first kappa shape index (κ1) is 14.8. The Balaban J connectivity index is 2.07. The van der Waals surface area contributed by atoms with E-state index in [4.69, 9.17) is 5.73 Å². The molecule has 2 nitrogen and oxygen atoms in total. The Morgan fingerprint density at radius 1 is 0.900 bits per heavy atom. The highest BCUT2D eigenvalue weighted by atomic mass is 15.1. The van der Waals surface area contributed by atoms with Gasteiger partial charge in [-0.3, -0.25) is 4.90 Å². The van der Waals surface area contributed by atoms with Crippen LogP contribution in [0.4, 0.5) is 0 Å². The van der Waals surface area contributed by atoms with Gasteiger partial charge in [0.15, 0.2) is 0 Å². The molecule has 0 radical (unpaired) electrons. The first-order valence-electron chi connectivity index (χ1n) is 7.11. The second-order valence-electron chi connectivity index (χ2n) is 5.57. The van der Waals surface area contributed by atoms with Gasteiger partial charge < -0.3 is 5.73 Å². The molecule has 0 amide bonds. The second-order valence-corrected chi connectivity index (χ2v) is 5.57. The van der Waals surface area contributed by atoms with E-state index in [0.717, 1.165) is 13.1 Å². The van der Waals surface area contributed by atoms with E-state index in [1.807, 2.05) is 0 Å². The molecule has 2 aromatic carbocycles. The van der Waals surface area contributed by atoms with E-state index in [9.17, 15) is 0 Å². The van der Waals surface area contributed by atoms with Crippen molar-refractivity contribution in [3.8, 4) is 0 Å². The smallest absolute Gasteiger partial charge is 0.0239 e. The highest BCUT2D eigenvalue weighted by molar-refractivity contribution is 5.33. The quantitative estimate of drug-likeness (QED) is 0.900. The lowest BCUT2D eigenvalue weighted by molar-refractivity contribution is 0.317. The maximum absolute atomic E-state index is 5.70. The number of aryl methyl sites for hydroxylation is 2. The Bertz CT molecular complexity index is 555. The van der Waals surface area contributed by atoms with Crippen LogP contribution >= 0.6 is 0 Å². The average molecular weight is 268 g/mol. The van der Waals surface area contributed by atoms with Crippen LogP contribution < -0.4 is 5.73 Å². The minimum atomic E-state index is 0.606. The van der Waals surface area contributed by atoms with Crippen LogP contribution in [0, 0.1) is 13.8 Å². The predicted molar refractivity (Wildman–Crippen MR) is 85.4 cm³/mol. The Hall–Kier alpha value is -1.64. The van der Waals surface area contributed by atoms with Crippen LogP contribution in [0.3, 0.4) is 0 Å². The van der Waals surface area contributed by atoms with E-state index < -0.39 is 0 Å². The Kier molecular flexibility index (Phi) is 4.94. The van der Waals surface area contributed by atoms with Crippen LogP contribution in [0.2, 0.25) is 0 Å². The number of hydrogen-bond donors (Lipinski definition) is 1. The summed E-state index contributed by atoms with van der Waals surface area (Å²) in [6.07, 6.45) is 0. The van der Waals surface area contributed by atoms with Gasteiger partial charge in [0.1, 0.15) is 0 Å². The summed E-state index contributed by atoms with van der Waals surface area (Å²) in [6, 6.07) is 15.0. The third-order valence-electron chi connectivity index (χ3n) is 3.75. The fourth-order valence-corrected chi connectivity index (χ4v) is 2.59. The van der Waals surface area contributed by atoms with Gasteiger partial charge in [0.25, 0.3) is 0 Å². The summed E-state index contributed by atoms with van der Waals surface area (Å²) in [4.78, 5) is 2.35. The third kappa shape index (κ3) is 3.69. The lowest BCUT2D eigenvalue weighted by Crippen LogP contribution is -2.18. The van der Waals surface area contributed by atoms with Crippen molar-refractivity contribution in [3.63, 3.8) is 0 Å². The van der Waals surface area contributed by atoms with Crippen LogP contribution in [0.1, 0.15) is 27.8 Å². The standard InChI is InChI=1S/C18H24N2/c1-14-6-4-7-15(2)18(14)13-20(3)12-17-9-5-8-16(10-17)11-19/h4-10H,11-13,19H2,1-3H3. The van der Waals surface area contributed by atoms with Crippen molar-refractivity contribution in [3.05, 3.63) is 70.3 Å². The van der Waals surface area contributed by atoms with Crippen LogP contribution in [0.5, 0.6) is 0 Å². The Morgan fingerprint density at radius 3 is 2.15 bits per heavy atom. The van der Waals surface area contributed by atoms with Crippen LogP contribution in [0.15, 0.2) is 42.5 Å². The maximum Gasteiger partial charge on any atom is 0.0239 e. The van der Waals surface area contributed by atoms with Crippen molar-refractivity contribution >= 4 is 0 Å². The molecule has 0 heterocycles. The fourth-order valence-electron chi connectivity index (χ4n) is 2.59. The van der Waals surface area contributed by atoms with E-state index in [-0.39, 0.29) is 0 Å². The van der Waals surface area contributed by atoms with Crippen LogP contribution in [-0.4, -0.2) is 11.9 Å². The van der Waals surface area contributed by atoms with Crippen molar-refractivity contribution in [2.24, 2.45) is 5.73 Å². The monoisotopic (exact) mass is 268 g/mol. The molecule has 0 saturated carbocycles. The van der Waals surface area contributed by atoms with Gasteiger partial charge in [-0.15, -0.1) is 0 Å². The summed E-state index contributed by atoms with van der Waals surface area (Å²) in [6.45, 7) is 6.90. The highest BCUT2D eigenvalue weighted by Gasteiger charge is 2.07. The van der Waals surface area contributed by atoms with Crippen LogP contribution in [0.25, 0.3) is 0 Å². The summed E-state index contributed by atoms with van der Waals surface area (Å²) in [5.74, 6) is 0. The molecule has 0 atom stereocenters. The first-order valence-corrected chi connectivity index (χ1v) is 7.11. The molecule has 0 bridgehead atoms. The van der Waals surface area contributed by atoms with Crippen molar-refractivity contribution in [2.75, 3.05) is 7.05 Å². The first-order chi connectivity index (χ1) is 9.60. The molecular weight excluding hydrogens is 244 g/mol. The minimum Gasteiger partial charge on any atom is -0.326 e. The fraction of sp³-hybridized carbons (Fsp3) is 0.333. The van der Waals surface area contributed by atoms with Gasteiger partial charge in [0.05, 0.1) is 0 Å². The van der Waals surface area contributed by atoms with Crippen molar-refractivity contribution in [2.45, 2.75) is 33.5 Å². The zero-order valence-electron chi connectivity index (χ0n) is 12.7. The molecule has 0 fully saturated rings. The molecule has 2 aromatic rings. The molecule has 0 aliphatic heterocycles. The number of nitrogens with two attached hydrogens (primary N) is 1. The molecule has 2 heteroatoms.